The van der Waals surface area contributed by atoms with Gasteiger partial charge in [-0.3, -0.25) is 9.59 Å². The third-order valence-corrected chi connectivity index (χ3v) is 2.21. The van der Waals surface area contributed by atoms with Crippen LogP contribution in [0, 0.1) is 5.92 Å². The molecule has 88 valence electrons. The second-order valence-corrected chi connectivity index (χ2v) is 4.28. The van der Waals surface area contributed by atoms with Gasteiger partial charge in [0.25, 0.3) is 5.56 Å². The first kappa shape index (κ1) is 12.4. The zero-order valence-electron chi connectivity index (χ0n) is 9.65. The van der Waals surface area contributed by atoms with Gasteiger partial charge in [-0.15, -0.1) is 0 Å². The topological polar surface area (TPSA) is 83.0 Å². The number of carbonyl (C=O) groups is 1. The first-order valence-corrected chi connectivity index (χ1v) is 5.23. The molecule has 0 aliphatic heterocycles. The maximum atomic E-state index is 11.3. The standard InChI is InChI=1S/C11H16N2O3/c1-6(2)4-8-5-9(14)13-10(12-8)7(3)11(15)16/h5-7H,4H2,1-3H3,(H,15,16)(H,12,13,14). The maximum Gasteiger partial charge on any atom is 0.313 e. The molecular weight excluding hydrogens is 208 g/mol. The van der Waals surface area contributed by atoms with Crippen LogP contribution in [0.25, 0.3) is 0 Å². The lowest BCUT2D eigenvalue weighted by atomic mass is 10.1. The summed E-state index contributed by atoms with van der Waals surface area (Å²) in [5.74, 6) is -1.19. The SMILES string of the molecule is CC(C)Cc1cc(=O)[nH]c(C(C)C(=O)O)n1. The lowest BCUT2D eigenvalue weighted by Gasteiger charge is -2.08. The third kappa shape index (κ3) is 3.18. The van der Waals surface area contributed by atoms with Crippen LogP contribution in [0.15, 0.2) is 10.9 Å². The van der Waals surface area contributed by atoms with Crippen molar-refractivity contribution in [1.82, 2.24) is 9.97 Å². The summed E-state index contributed by atoms with van der Waals surface area (Å²) in [6.45, 7) is 5.53. The van der Waals surface area contributed by atoms with E-state index in [2.05, 4.69) is 9.97 Å². The smallest absolute Gasteiger partial charge is 0.313 e. The van der Waals surface area contributed by atoms with E-state index in [1.165, 1.54) is 13.0 Å². The Labute approximate surface area is 93.5 Å². The molecule has 1 aromatic heterocycles. The van der Waals surface area contributed by atoms with Crippen LogP contribution >= 0.6 is 0 Å². The molecule has 1 aromatic rings. The van der Waals surface area contributed by atoms with Gasteiger partial charge < -0.3 is 10.1 Å². The molecule has 0 spiro atoms. The predicted octanol–water partition coefficient (Wildman–Crippen LogP) is 1.16. The molecule has 5 heteroatoms. The van der Waals surface area contributed by atoms with Gasteiger partial charge in [0.15, 0.2) is 0 Å². The van der Waals surface area contributed by atoms with E-state index < -0.39 is 11.9 Å². The molecule has 0 radical (unpaired) electrons. The van der Waals surface area contributed by atoms with Crippen LogP contribution in [0.2, 0.25) is 0 Å². The van der Waals surface area contributed by atoms with E-state index in [4.69, 9.17) is 5.11 Å². The molecule has 2 N–H and O–H groups in total. The largest absolute Gasteiger partial charge is 0.481 e. The van der Waals surface area contributed by atoms with Crippen LogP contribution in [-0.4, -0.2) is 21.0 Å². The minimum atomic E-state index is -0.996. The number of rotatable bonds is 4. The van der Waals surface area contributed by atoms with Crippen molar-refractivity contribution in [3.8, 4) is 0 Å². The molecule has 0 saturated carbocycles. The van der Waals surface area contributed by atoms with Crippen molar-refractivity contribution in [2.75, 3.05) is 0 Å². The van der Waals surface area contributed by atoms with Gasteiger partial charge >= 0.3 is 5.97 Å². The first-order chi connectivity index (χ1) is 7.40. The number of nitrogens with one attached hydrogen (secondary N) is 1. The Morgan fingerprint density at radius 3 is 2.62 bits per heavy atom. The molecule has 0 fully saturated rings. The highest BCUT2D eigenvalue weighted by atomic mass is 16.4. The van der Waals surface area contributed by atoms with Crippen molar-refractivity contribution in [2.45, 2.75) is 33.1 Å². The summed E-state index contributed by atoms with van der Waals surface area (Å²) in [5.41, 5.74) is 0.343. The van der Waals surface area contributed by atoms with Gasteiger partial charge in [0.1, 0.15) is 11.7 Å². The molecule has 0 saturated heterocycles. The number of hydrogen-bond acceptors (Lipinski definition) is 3. The van der Waals surface area contributed by atoms with Crippen LogP contribution in [0.3, 0.4) is 0 Å². The second-order valence-electron chi connectivity index (χ2n) is 4.28. The number of hydrogen-bond donors (Lipinski definition) is 2. The average molecular weight is 224 g/mol. The van der Waals surface area contributed by atoms with Crippen molar-refractivity contribution in [2.24, 2.45) is 5.92 Å². The minimum absolute atomic E-state index is 0.218. The average Bonchev–Trinajstić information content (AvgIpc) is 2.14. The Morgan fingerprint density at radius 2 is 2.12 bits per heavy atom. The Kier molecular flexibility index (Phi) is 3.82. The van der Waals surface area contributed by atoms with Crippen LogP contribution < -0.4 is 5.56 Å². The molecule has 1 unspecified atom stereocenters. The second kappa shape index (κ2) is 4.92. The van der Waals surface area contributed by atoms with Gasteiger partial charge in [-0.05, 0) is 19.3 Å². The number of carboxylic acids is 1. The fraction of sp³-hybridized carbons (Fsp3) is 0.545. The fourth-order valence-electron chi connectivity index (χ4n) is 1.37. The van der Waals surface area contributed by atoms with E-state index in [1.54, 1.807) is 0 Å². The molecule has 1 atom stereocenters. The number of aromatic nitrogens is 2. The van der Waals surface area contributed by atoms with Crippen molar-refractivity contribution < 1.29 is 9.90 Å². The molecule has 5 nitrogen and oxygen atoms in total. The molecular formula is C11H16N2O3. The van der Waals surface area contributed by atoms with E-state index in [0.29, 0.717) is 18.0 Å². The maximum absolute atomic E-state index is 11.3. The molecule has 0 bridgehead atoms. The monoisotopic (exact) mass is 224 g/mol. The van der Waals surface area contributed by atoms with E-state index in [-0.39, 0.29) is 11.4 Å². The van der Waals surface area contributed by atoms with Crippen molar-refractivity contribution in [3.63, 3.8) is 0 Å². The zero-order valence-corrected chi connectivity index (χ0v) is 9.65. The Morgan fingerprint density at radius 1 is 1.50 bits per heavy atom. The summed E-state index contributed by atoms with van der Waals surface area (Å²) >= 11 is 0. The minimum Gasteiger partial charge on any atom is -0.481 e. The summed E-state index contributed by atoms with van der Waals surface area (Å²) < 4.78 is 0. The normalized spacial score (nSPS) is 12.8. The molecule has 0 aliphatic rings. The van der Waals surface area contributed by atoms with Gasteiger partial charge in [-0.1, -0.05) is 13.8 Å². The van der Waals surface area contributed by atoms with E-state index in [9.17, 15) is 9.59 Å². The molecule has 0 aliphatic carbocycles. The van der Waals surface area contributed by atoms with Crippen LogP contribution in [0.1, 0.15) is 38.2 Å². The quantitative estimate of drug-likeness (QED) is 0.803. The number of aromatic amines is 1. The van der Waals surface area contributed by atoms with E-state index >= 15 is 0 Å². The highest BCUT2D eigenvalue weighted by molar-refractivity contribution is 5.74. The Hall–Kier alpha value is -1.65. The van der Waals surface area contributed by atoms with Gasteiger partial charge in [-0.2, -0.15) is 0 Å². The number of nitrogens with zero attached hydrogens (tertiary/aromatic N) is 1. The van der Waals surface area contributed by atoms with Crippen LogP contribution in [-0.2, 0) is 11.2 Å². The summed E-state index contributed by atoms with van der Waals surface area (Å²) in [5, 5.41) is 8.84. The lowest BCUT2D eigenvalue weighted by Crippen LogP contribution is -2.19. The fourth-order valence-corrected chi connectivity index (χ4v) is 1.37. The molecule has 16 heavy (non-hydrogen) atoms. The first-order valence-electron chi connectivity index (χ1n) is 5.23. The summed E-state index contributed by atoms with van der Waals surface area (Å²) in [6, 6.07) is 1.41. The van der Waals surface area contributed by atoms with Gasteiger partial charge in [0.2, 0.25) is 0 Å². The van der Waals surface area contributed by atoms with E-state index in [1.807, 2.05) is 13.8 Å². The number of H-pyrrole nitrogens is 1. The summed E-state index contributed by atoms with van der Waals surface area (Å²) in [4.78, 5) is 28.7. The Balaban J connectivity index is 3.07. The van der Waals surface area contributed by atoms with Gasteiger partial charge in [-0.25, -0.2) is 4.98 Å². The molecule has 0 aromatic carbocycles. The van der Waals surface area contributed by atoms with Crippen molar-refractivity contribution >= 4 is 5.97 Å². The Bertz CT molecular complexity index is 437. The van der Waals surface area contributed by atoms with Crippen LogP contribution in [0.4, 0.5) is 0 Å². The molecule has 0 amide bonds. The summed E-state index contributed by atoms with van der Waals surface area (Å²) in [7, 11) is 0. The van der Waals surface area contributed by atoms with Crippen LogP contribution in [0.5, 0.6) is 0 Å². The van der Waals surface area contributed by atoms with Gasteiger partial charge in [0, 0.05) is 11.8 Å². The van der Waals surface area contributed by atoms with Gasteiger partial charge in [0.05, 0.1) is 0 Å². The number of carboxylic acid groups (broad SMARTS) is 1. The third-order valence-electron chi connectivity index (χ3n) is 2.21. The zero-order chi connectivity index (χ0) is 12.3. The highest BCUT2D eigenvalue weighted by Gasteiger charge is 2.17. The highest BCUT2D eigenvalue weighted by Crippen LogP contribution is 2.10. The van der Waals surface area contributed by atoms with Crippen molar-refractivity contribution in [3.05, 3.63) is 27.9 Å². The molecule has 1 rings (SSSR count). The van der Waals surface area contributed by atoms with Crippen molar-refractivity contribution in [1.29, 1.82) is 0 Å². The lowest BCUT2D eigenvalue weighted by molar-refractivity contribution is -0.138. The number of aliphatic carboxylic acids is 1. The van der Waals surface area contributed by atoms with E-state index in [0.717, 1.165) is 0 Å². The summed E-state index contributed by atoms with van der Waals surface area (Å²) in [6.07, 6.45) is 0.670. The molecule has 1 heterocycles. The predicted molar refractivity (Wildman–Crippen MR) is 59.5 cm³/mol.